The van der Waals surface area contributed by atoms with Crippen LogP contribution in [0.1, 0.15) is 22.3 Å². The van der Waals surface area contributed by atoms with Crippen molar-refractivity contribution in [2.75, 3.05) is 76.5 Å². The van der Waals surface area contributed by atoms with Crippen molar-refractivity contribution in [1.29, 1.82) is 0 Å². The van der Waals surface area contributed by atoms with E-state index in [9.17, 15) is 18.0 Å². The van der Waals surface area contributed by atoms with Crippen molar-refractivity contribution >= 4 is 34.4 Å². The minimum absolute atomic E-state index is 0.0201. The van der Waals surface area contributed by atoms with Crippen molar-refractivity contribution in [3.63, 3.8) is 0 Å². The molecule has 1 amide bonds. The second-order valence-electron chi connectivity index (χ2n) is 10.7. The summed E-state index contributed by atoms with van der Waals surface area (Å²) in [6.07, 6.45) is -3.07. The van der Waals surface area contributed by atoms with Crippen molar-refractivity contribution in [2.45, 2.75) is 24.7 Å². The van der Waals surface area contributed by atoms with Gasteiger partial charge in [-0.05, 0) is 18.6 Å². The van der Waals surface area contributed by atoms with Crippen molar-refractivity contribution < 1.29 is 36.9 Å². The Hall–Kier alpha value is -3.82. The van der Waals surface area contributed by atoms with Gasteiger partial charge in [0.1, 0.15) is 24.7 Å². The molecule has 1 aromatic carbocycles. The molecule has 7 rings (SSSR count). The van der Waals surface area contributed by atoms with Gasteiger partial charge in [-0.15, -0.1) is 0 Å². The lowest BCUT2D eigenvalue weighted by Gasteiger charge is -2.42. The van der Waals surface area contributed by atoms with Crippen LogP contribution in [0.3, 0.4) is 0 Å². The predicted molar refractivity (Wildman–Crippen MR) is 145 cm³/mol. The first kappa shape index (κ1) is 27.0. The van der Waals surface area contributed by atoms with Crippen LogP contribution in [0.25, 0.3) is 11.0 Å². The maximum absolute atomic E-state index is 13.8. The molecule has 15 heteroatoms. The number of alkyl halides is 3. The molecule has 1 atom stereocenters. The van der Waals surface area contributed by atoms with Crippen LogP contribution in [-0.2, 0) is 15.7 Å². The Bertz CT molecular complexity index is 1480. The van der Waals surface area contributed by atoms with Gasteiger partial charge in [0.25, 0.3) is 5.91 Å². The number of carbonyl (C=O) groups is 1. The second-order valence-corrected chi connectivity index (χ2v) is 10.7. The molecule has 6 heterocycles. The Balaban J connectivity index is 1.17. The molecule has 12 nitrogen and oxygen atoms in total. The molecule has 42 heavy (non-hydrogen) atoms. The minimum atomic E-state index is -4.59. The molecular formula is C27H30F3N7O5. The maximum atomic E-state index is 13.8. The molecule has 0 radical (unpaired) electrons. The summed E-state index contributed by atoms with van der Waals surface area (Å²) in [6, 6.07) is 3.57. The fourth-order valence-electron chi connectivity index (χ4n) is 5.68. The average Bonchev–Trinajstić information content (AvgIpc) is 3.63. The number of carbonyl (C=O) groups excluding carboxylic acids is 1. The molecule has 3 N–H and O–H groups in total. The molecule has 2 aromatic heterocycles. The molecule has 0 aliphatic carbocycles. The largest absolute Gasteiger partial charge is 0.485 e. The summed E-state index contributed by atoms with van der Waals surface area (Å²) < 4.78 is 63.9. The molecule has 0 spiro atoms. The van der Waals surface area contributed by atoms with Gasteiger partial charge in [-0.2, -0.15) is 23.1 Å². The highest BCUT2D eigenvalue weighted by Crippen LogP contribution is 2.43. The van der Waals surface area contributed by atoms with Gasteiger partial charge in [-0.25, -0.2) is 0 Å². The quantitative estimate of drug-likeness (QED) is 0.395. The van der Waals surface area contributed by atoms with E-state index in [2.05, 4.69) is 30.5 Å². The zero-order chi connectivity index (χ0) is 28.8. The van der Waals surface area contributed by atoms with Crippen LogP contribution in [-0.4, -0.2) is 109 Å². The number of rotatable bonds is 6. The number of hydrogen-bond acceptors (Lipinski definition) is 10. The van der Waals surface area contributed by atoms with E-state index in [0.29, 0.717) is 61.5 Å². The molecule has 224 valence electrons. The van der Waals surface area contributed by atoms with Crippen molar-refractivity contribution in [3.05, 3.63) is 29.5 Å². The Morgan fingerprint density at radius 3 is 2.45 bits per heavy atom. The van der Waals surface area contributed by atoms with Gasteiger partial charge in [-0.3, -0.25) is 9.69 Å². The van der Waals surface area contributed by atoms with E-state index >= 15 is 0 Å². The molecule has 0 unspecified atom stereocenters. The number of nitrogens with one attached hydrogen (secondary N) is 3. The summed E-state index contributed by atoms with van der Waals surface area (Å²) in [5.41, 5.74) is -0.0287. The topological polar surface area (TPSA) is 126 Å². The SMILES string of the molecule is O=C(c1ccc(Nc2nc(N[C@H]3CCOC3)c3c(C(F)(F)F)c[nH]c3n2)c2c1OCCO2)N1CCN(C2COC2)CC1. The first-order valence-electron chi connectivity index (χ1n) is 14.0. The third kappa shape index (κ3) is 5.05. The number of halogens is 3. The molecule has 4 aliphatic rings. The lowest BCUT2D eigenvalue weighted by atomic mass is 10.1. The summed E-state index contributed by atoms with van der Waals surface area (Å²) >= 11 is 0. The van der Waals surface area contributed by atoms with Crippen LogP contribution in [0.2, 0.25) is 0 Å². The molecular weight excluding hydrogens is 559 g/mol. The van der Waals surface area contributed by atoms with Gasteiger partial charge in [-0.1, -0.05) is 0 Å². The van der Waals surface area contributed by atoms with Crippen LogP contribution < -0.4 is 20.1 Å². The fourth-order valence-corrected chi connectivity index (χ4v) is 5.68. The smallest absolute Gasteiger partial charge is 0.418 e. The molecule has 0 bridgehead atoms. The standard InChI is InChI=1S/C27H30F3N7O5/c28-27(29,30)18-11-31-23-20(18)24(32-15-3-8-39-12-15)35-26(34-23)33-19-2-1-17(21-22(19)42-10-9-41-21)25(38)37-6-4-36(5-7-37)16-13-40-14-16/h1-2,11,15-16H,3-10,12-14H2,(H3,31,32,33,34,35)/t15-/m0/s1. The first-order valence-corrected chi connectivity index (χ1v) is 14.0. The van der Waals surface area contributed by atoms with Crippen LogP contribution in [0.5, 0.6) is 11.5 Å². The highest BCUT2D eigenvalue weighted by Gasteiger charge is 2.37. The molecule has 0 saturated carbocycles. The first-order chi connectivity index (χ1) is 20.3. The van der Waals surface area contributed by atoms with E-state index in [-0.39, 0.29) is 48.0 Å². The lowest BCUT2D eigenvalue weighted by molar-refractivity contribution is -0.136. The third-order valence-corrected chi connectivity index (χ3v) is 8.01. The Morgan fingerprint density at radius 1 is 0.976 bits per heavy atom. The number of amides is 1. The van der Waals surface area contributed by atoms with Crippen LogP contribution >= 0.6 is 0 Å². The van der Waals surface area contributed by atoms with Gasteiger partial charge < -0.3 is 39.5 Å². The number of H-pyrrole nitrogens is 1. The Kier molecular flexibility index (Phi) is 6.94. The van der Waals surface area contributed by atoms with Crippen LogP contribution in [0.15, 0.2) is 18.3 Å². The Labute approximate surface area is 238 Å². The van der Waals surface area contributed by atoms with Gasteiger partial charge in [0.2, 0.25) is 5.95 Å². The summed E-state index contributed by atoms with van der Waals surface area (Å²) in [5, 5.41) is 6.02. The number of benzene rings is 1. The number of ether oxygens (including phenoxy) is 4. The second kappa shape index (κ2) is 10.8. The van der Waals surface area contributed by atoms with E-state index in [4.69, 9.17) is 18.9 Å². The Morgan fingerprint density at radius 2 is 1.76 bits per heavy atom. The highest BCUT2D eigenvalue weighted by molar-refractivity contribution is 5.99. The van der Waals surface area contributed by atoms with Crippen molar-refractivity contribution in [1.82, 2.24) is 24.8 Å². The average molecular weight is 590 g/mol. The zero-order valence-electron chi connectivity index (χ0n) is 22.6. The highest BCUT2D eigenvalue weighted by atomic mass is 19.4. The number of hydrogen-bond donors (Lipinski definition) is 3. The van der Waals surface area contributed by atoms with E-state index < -0.39 is 11.7 Å². The third-order valence-electron chi connectivity index (χ3n) is 8.01. The van der Waals surface area contributed by atoms with E-state index in [1.165, 1.54) is 0 Å². The fraction of sp³-hybridized carbons (Fsp3) is 0.519. The van der Waals surface area contributed by atoms with Gasteiger partial charge in [0.15, 0.2) is 11.5 Å². The summed E-state index contributed by atoms with van der Waals surface area (Å²) in [4.78, 5) is 29.1. The monoisotopic (exact) mass is 589 g/mol. The normalized spacial score (nSPS) is 21.4. The van der Waals surface area contributed by atoms with E-state index in [1.807, 2.05) is 4.90 Å². The van der Waals surface area contributed by atoms with Gasteiger partial charge in [0.05, 0.1) is 54.1 Å². The lowest BCUT2D eigenvalue weighted by Crippen LogP contribution is -2.57. The van der Waals surface area contributed by atoms with Gasteiger partial charge in [0, 0.05) is 39.0 Å². The summed E-state index contributed by atoms with van der Waals surface area (Å²) in [6.45, 7) is 5.61. The number of aromatic nitrogens is 3. The van der Waals surface area contributed by atoms with Gasteiger partial charge >= 0.3 is 6.18 Å². The maximum Gasteiger partial charge on any atom is 0.418 e. The number of piperazine rings is 1. The molecule has 3 saturated heterocycles. The number of nitrogens with zero attached hydrogens (tertiary/aromatic N) is 4. The van der Waals surface area contributed by atoms with E-state index in [1.54, 1.807) is 12.1 Å². The van der Waals surface area contributed by atoms with Crippen LogP contribution in [0.4, 0.5) is 30.6 Å². The zero-order valence-corrected chi connectivity index (χ0v) is 22.6. The van der Waals surface area contributed by atoms with Crippen LogP contribution in [0, 0.1) is 0 Å². The molecule has 3 aromatic rings. The molecule has 3 fully saturated rings. The number of aromatic amines is 1. The van der Waals surface area contributed by atoms with Crippen molar-refractivity contribution in [3.8, 4) is 11.5 Å². The number of anilines is 3. The minimum Gasteiger partial charge on any atom is -0.485 e. The van der Waals surface area contributed by atoms with E-state index in [0.717, 1.165) is 32.5 Å². The number of fused-ring (bicyclic) bond motifs is 2. The van der Waals surface area contributed by atoms with Crippen molar-refractivity contribution in [2.24, 2.45) is 0 Å². The predicted octanol–water partition coefficient (Wildman–Crippen LogP) is 2.85. The summed E-state index contributed by atoms with van der Waals surface area (Å²) in [7, 11) is 0. The molecule has 4 aliphatic heterocycles. The summed E-state index contributed by atoms with van der Waals surface area (Å²) in [5.74, 6) is 0.569.